The van der Waals surface area contributed by atoms with Crippen LogP contribution in [-0.2, 0) is 6.18 Å². The van der Waals surface area contributed by atoms with Crippen molar-refractivity contribution in [2.24, 2.45) is 5.92 Å². The van der Waals surface area contributed by atoms with E-state index in [0.29, 0.717) is 5.69 Å². The Labute approximate surface area is 173 Å². The van der Waals surface area contributed by atoms with Gasteiger partial charge in [0.1, 0.15) is 5.82 Å². The highest BCUT2D eigenvalue weighted by molar-refractivity contribution is 5.69. The van der Waals surface area contributed by atoms with Gasteiger partial charge in [-0.15, -0.1) is 0 Å². The first kappa shape index (κ1) is 21.6. The van der Waals surface area contributed by atoms with Crippen LogP contribution in [0.2, 0.25) is 0 Å². The molecule has 1 aromatic heterocycles. The fraction of sp³-hybridized carbons (Fsp3) is 0.273. The first-order valence-electron chi connectivity index (χ1n) is 9.53. The smallest absolute Gasteiger partial charge is 0.394 e. The number of aliphatic hydroxyl groups excluding tert-OH is 1. The second kappa shape index (κ2) is 9.13. The summed E-state index contributed by atoms with van der Waals surface area (Å²) in [5.74, 6) is 0.529. The molecular weight excluding hydrogens is 393 g/mol. The van der Waals surface area contributed by atoms with Crippen molar-refractivity contribution in [1.82, 2.24) is 9.97 Å². The number of hydrogen-bond donors (Lipinski definition) is 3. The molecule has 158 valence electrons. The largest absolute Gasteiger partial charge is 0.418 e. The van der Waals surface area contributed by atoms with E-state index < -0.39 is 11.7 Å². The van der Waals surface area contributed by atoms with Crippen LogP contribution in [0.1, 0.15) is 19.4 Å². The summed E-state index contributed by atoms with van der Waals surface area (Å²) in [6.07, 6.45) is -4.50. The number of para-hydroxylation sites is 1. The third-order valence-corrected chi connectivity index (χ3v) is 4.61. The summed E-state index contributed by atoms with van der Waals surface area (Å²) >= 11 is 0. The van der Waals surface area contributed by atoms with Crippen molar-refractivity contribution < 1.29 is 18.3 Å². The Morgan fingerprint density at radius 2 is 1.63 bits per heavy atom. The van der Waals surface area contributed by atoms with Crippen LogP contribution in [0, 0.1) is 5.92 Å². The number of rotatable bonds is 7. The van der Waals surface area contributed by atoms with E-state index in [1.807, 2.05) is 44.2 Å². The van der Waals surface area contributed by atoms with E-state index >= 15 is 0 Å². The van der Waals surface area contributed by atoms with Crippen molar-refractivity contribution in [3.05, 3.63) is 66.2 Å². The molecule has 1 heterocycles. The molecule has 0 saturated carbocycles. The van der Waals surface area contributed by atoms with Gasteiger partial charge in [-0.3, -0.25) is 0 Å². The highest BCUT2D eigenvalue weighted by atomic mass is 19.4. The number of nitrogens with zero attached hydrogens (tertiary/aromatic N) is 2. The van der Waals surface area contributed by atoms with Crippen molar-refractivity contribution in [3.63, 3.8) is 0 Å². The number of alkyl halides is 3. The zero-order chi connectivity index (χ0) is 21.7. The molecule has 0 unspecified atom stereocenters. The van der Waals surface area contributed by atoms with Crippen LogP contribution in [0.3, 0.4) is 0 Å². The lowest BCUT2D eigenvalue weighted by molar-refractivity contribution is -0.136. The zero-order valence-electron chi connectivity index (χ0n) is 16.6. The van der Waals surface area contributed by atoms with E-state index in [1.54, 1.807) is 6.07 Å². The molecule has 0 bridgehead atoms. The van der Waals surface area contributed by atoms with Gasteiger partial charge in [0, 0.05) is 11.6 Å². The summed E-state index contributed by atoms with van der Waals surface area (Å²) in [7, 11) is 0. The highest BCUT2D eigenvalue weighted by Gasteiger charge is 2.33. The van der Waals surface area contributed by atoms with Crippen LogP contribution in [0.5, 0.6) is 0 Å². The number of nitrogens with one attached hydrogen (secondary N) is 2. The van der Waals surface area contributed by atoms with Crippen LogP contribution in [0.25, 0.3) is 11.3 Å². The van der Waals surface area contributed by atoms with Gasteiger partial charge in [0.15, 0.2) is 0 Å². The quantitative estimate of drug-likeness (QED) is 0.485. The number of hydrogen-bond acceptors (Lipinski definition) is 5. The Morgan fingerprint density at radius 1 is 0.967 bits per heavy atom. The lowest BCUT2D eigenvalue weighted by Crippen LogP contribution is -2.30. The molecule has 0 amide bonds. The second-order valence-electron chi connectivity index (χ2n) is 7.17. The molecule has 3 aromatic rings. The summed E-state index contributed by atoms with van der Waals surface area (Å²) < 4.78 is 40.1. The molecule has 0 spiro atoms. The normalized spacial score (nSPS) is 12.6. The Kier molecular flexibility index (Phi) is 6.56. The van der Waals surface area contributed by atoms with E-state index in [9.17, 15) is 18.3 Å². The van der Waals surface area contributed by atoms with Crippen LogP contribution in [0.4, 0.5) is 30.6 Å². The van der Waals surface area contributed by atoms with Gasteiger partial charge in [-0.25, -0.2) is 4.98 Å². The molecule has 0 aliphatic carbocycles. The van der Waals surface area contributed by atoms with Crippen LogP contribution in [0.15, 0.2) is 60.7 Å². The van der Waals surface area contributed by atoms with E-state index in [1.165, 1.54) is 18.2 Å². The minimum Gasteiger partial charge on any atom is -0.394 e. The van der Waals surface area contributed by atoms with Crippen LogP contribution >= 0.6 is 0 Å². The summed E-state index contributed by atoms with van der Waals surface area (Å²) in [5.41, 5.74) is 0.451. The second-order valence-corrected chi connectivity index (χ2v) is 7.17. The molecule has 30 heavy (non-hydrogen) atoms. The summed E-state index contributed by atoms with van der Waals surface area (Å²) in [6, 6.07) is 15.8. The topological polar surface area (TPSA) is 70.1 Å². The Bertz CT molecular complexity index is 978. The SMILES string of the molecule is CC(C)[C@@H](CO)Nc1nc(Nc2ccccc2C(F)(F)F)cc(-c2ccccc2)n1. The third-order valence-electron chi connectivity index (χ3n) is 4.61. The number of halogens is 3. The van der Waals surface area contributed by atoms with Gasteiger partial charge in [0.2, 0.25) is 5.95 Å². The highest BCUT2D eigenvalue weighted by Crippen LogP contribution is 2.36. The molecular formula is C22H23F3N4O. The fourth-order valence-electron chi connectivity index (χ4n) is 2.90. The lowest BCUT2D eigenvalue weighted by atomic mass is 10.1. The molecule has 8 heteroatoms. The molecule has 1 atom stereocenters. The number of benzene rings is 2. The van der Waals surface area contributed by atoms with Gasteiger partial charge in [0.05, 0.1) is 29.6 Å². The lowest BCUT2D eigenvalue weighted by Gasteiger charge is -2.21. The Balaban J connectivity index is 2.03. The number of aromatic nitrogens is 2. The molecule has 5 nitrogen and oxygen atoms in total. The minimum absolute atomic E-state index is 0.0985. The van der Waals surface area contributed by atoms with Crippen molar-refractivity contribution >= 4 is 17.5 Å². The van der Waals surface area contributed by atoms with Crippen molar-refractivity contribution in [2.75, 3.05) is 17.2 Å². The first-order valence-corrected chi connectivity index (χ1v) is 9.53. The summed E-state index contributed by atoms with van der Waals surface area (Å²) in [4.78, 5) is 8.83. The zero-order valence-corrected chi connectivity index (χ0v) is 16.6. The van der Waals surface area contributed by atoms with Crippen molar-refractivity contribution in [3.8, 4) is 11.3 Å². The van der Waals surface area contributed by atoms with E-state index in [2.05, 4.69) is 20.6 Å². The molecule has 0 radical (unpaired) electrons. The summed E-state index contributed by atoms with van der Waals surface area (Å²) in [6.45, 7) is 3.75. The predicted molar refractivity (Wildman–Crippen MR) is 112 cm³/mol. The number of anilines is 3. The molecule has 0 aliphatic heterocycles. The maximum absolute atomic E-state index is 13.4. The maximum atomic E-state index is 13.4. The van der Waals surface area contributed by atoms with Gasteiger partial charge in [-0.05, 0) is 18.1 Å². The molecule has 3 rings (SSSR count). The first-order chi connectivity index (χ1) is 14.3. The maximum Gasteiger partial charge on any atom is 0.418 e. The number of aliphatic hydroxyl groups is 1. The minimum atomic E-state index is -4.50. The molecule has 0 fully saturated rings. The van der Waals surface area contributed by atoms with Crippen LogP contribution in [-0.4, -0.2) is 27.7 Å². The third kappa shape index (κ3) is 5.27. The van der Waals surface area contributed by atoms with Gasteiger partial charge in [0.25, 0.3) is 0 Å². The Morgan fingerprint density at radius 3 is 2.27 bits per heavy atom. The average Bonchev–Trinajstić information content (AvgIpc) is 2.72. The fourth-order valence-corrected chi connectivity index (χ4v) is 2.90. The van der Waals surface area contributed by atoms with E-state index in [0.717, 1.165) is 11.6 Å². The molecule has 3 N–H and O–H groups in total. The van der Waals surface area contributed by atoms with Crippen molar-refractivity contribution in [2.45, 2.75) is 26.1 Å². The van der Waals surface area contributed by atoms with E-state index in [-0.39, 0.29) is 36.0 Å². The predicted octanol–water partition coefficient (Wildman–Crippen LogP) is 5.33. The van der Waals surface area contributed by atoms with Crippen LogP contribution < -0.4 is 10.6 Å². The van der Waals surface area contributed by atoms with Gasteiger partial charge in [-0.1, -0.05) is 56.3 Å². The molecule has 0 aliphatic rings. The van der Waals surface area contributed by atoms with Gasteiger partial charge in [-0.2, -0.15) is 18.2 Å². The molecule has 2 aromatic carbocycles. The Hall–Kier alpha value is -3.13. The van der Waals surface area contributed by atoms with Crippen molar-refractivity contribution in [1.29, 1.82) is 0 Å². The molecule has 0 saturated heterocycles. The monoisotopic (exact) mass is 416 g/mol. The van der Waals surface area contributed by atoms with Gasteiger partial charge < -0.3 is 15.7 Å². The van der Waals surface area contributed by atoms with E-state index in [4.69, 9.17) is 0 Å². The van der Waals surface area contributed by atoms with Gasteiger partial charge >= 0.3 is 6.18 Å². The standard InChI is InChI=1S/C22H23F3N4O/c1-14(2)19(13-30)28-21-27-18(15-8-4-3-5-9-15)12-20(29-21)26-17-11-7-6-10-16(17)22(23,24)25/h3-12,14,19,30H,13H2,1-2H3,(H2,26,27,28,29)/t19-/m1/s1. The summed E-state index contributed by atoms with van der Waals surface area (Å²) in [5, 5.41) is 15.5. The average molecular weight is 416 g/mol.